The third-order valence-electron chi connectivity index (χ3n) is 9.87. The average molecular weight is 633 g/mol. The van der Waals surface area contributed by atoms with Crippen LogP contribution in [0.3, 0.4) is 0 Å². The first-order valence-corrected chi connectivity index (χ1v) is 17.9. The second-order valence-electron chi connectivity index (χ2n) is 12.6. The molecular weight excluding hydrogens is 584 g/mol. The van der Waals surface area contributed by atoms with Crippen molar-refractivity contribution in [1.29, 1.82) is 0 Å². The SMILES string of the molecule is CCCc1ccccc1C1COc2ccc3cc2N(C1)CC1CCC1C(C(O)O)CCC(C)[C@@H](C)CS(=O)NC3=O.CCl. The Morgan fingerprint density at radius 1 is 1.05 bits per heavy atom. The number of hydrogen-bond acceptors (Lipinski definition) is 6. The average Bonchev–Trinajstić information content (AvgIpc) is 3.17. The molecule has 3 aliphatic rings. The largest absolute Gasteiger partial charge is 0.491 e. The molecule has 0 spiro atoms. The van der Waals surface area contributed by atoms with Crippen molar-refractivity contribution in [3.63, 3.8) is 0 Å². The molecular formula is C34H49ClN2O5S. The number of alkyl halides is 1. The summed E-state index contributed by atoms with van der Waals surface area (Å²) in [6.07, 6.45) is 5.79. The summed E-state index contributed by atoms with van der Waals surface area (Å²) in [6.45, 7) is 8.44. The van der Waals surface area contributed by atoms with Crippen LogP contribution in [0.1, 0.15) is 80.3 Å². The molecule has 3 N–H and O–H groups in total. The molecule has 0 saturated heterocycles. The third-order valence-corrected chi connectivity index (χ3v) is 11.1. The lowest BCUT2D eigenvalue weighted by molar-refractivity contribution is -0.125. The van der Waals surface area contributed by atoms with Gasteiger partial charge < -0.3 is 19.8 Å². The van der Waals surface area contributed by atoms with Crippen molar-refractivity contribution in [3.05, 3.63) is 59.2 Å². The zero-order chi connectivity index (χ0) is 31.1. The summed E-state index contributed by atoms with van der Waals surface area (Å²) < 4.78 is 22.0. The number of ether oxygens (including phenoxy) is 1. The van der Waals surface area contributed by atoms with E-state index in [4.69, 9.17) is 4.74 Å². The van der Waals surface area contributed by atoms with Gasteiger partial charge in [-0.2, -0.15) is 0 Å². The molecule has 0 aromatic heterocycles. The smallest absolute Gasteiger partial charge is 0.263 e. The Morgan fingerprint density at radius 3 is 2.51 bits per heavy atom. The minimum atomic E-state index is -1.51. The molecule has 2 bridgehead atoms. The maximum Gasteiger partial charge on any atom is 0.263 e. The zero-order valence-corrected chi connectivity index (χ0v) is 27.6. The molecule has 5 rings (SSSR count). The van der Waals surface area contributed by atoms with E-state index in [1.54, 1.807) is 6.07 Å². The molecule has 0 radical (unpaired) electrons. The fourth-order valence-corrected chi connectivity index (χ4v) is 8.24. The number of hydrogen-bond donors (Lipinski definition) is 3. The van der Waals surface area contributed by atoms with E-state index in [1.165, 1.54) is 17.5 Å². The van der Waals surface area contributed by atoms with Crippen molar-refractivity contribution in [2.45, 2.75) is 71.5 Å². The van der Waals surface area contributed by atoms with Gasteiger partial charge in [-0.1, -0.05) is 51.5 Å². The molecule has 6 unspecified atom stereocenters. The van der Waals surface area contributed by atoms with Crippen LogP contribution in [0.2, 0.25) is 0 Å². The van der Waals surface area contributed by atoms with Crippen molar-refractivity contribution in [1.82, 2.24) is 4.72 Å². The topological polar surface area (TPSA) is 99.1 Å². The number of nitrogens with zero attached hydrogens (tertiary/aromatic N) is 1. The monoisotopic (exact) mass is 632 g/mol. The number of amides is 1. The number of nitrogens with one attached hydrogen (secondary N) is 1. The van der Waals surface area contributed by atoms with E-state index in [0.717, 1.165) is 63.1 Å². The van der Waals surface area contributed by atoms with Gasteiger partial charge in [-0.05, 0) is 85.1 Å². The first-order chi connectivity index (χ1) is 20.7. The second-order valence-corrected chi connectivity index (χ2v) is 13.8. The van der Waals surface area contributed by atoms with Crippen molar-refractivity contribution >= 4 is 34.2 Å². The van der Waals surface area contributed by atoms with Gasteiger partial charge in [-0.25, -0.2) is 4.21 Å². The van der Waals surface area contributed by atoms with Gasteiger partial charge in [-0.3, -0.25) is 9.52 Å². The van der Waals surface area contributed by atoms with Crippen LogP contribution in [0.5, 0.6) is 5.75 Å². The summed E-state index contributed by atoms with van der Waals surface area (Å²) in [7, 11) is -1.51. The third kappa shape index (κ3) is 8.13. The number of anilines is 1. The van der Waals surface area contributed by atoms with Crippen LogP contribution in [-0.4, -0.2) is 58.5 Å². The minimum Gasteiger partial charge on any atom is -0.491 e. The van der Waals surface area contributed by atoms with Gasteiger partial charge in [0.1, 0.15) is 16.7 Å². The molecule has 1 aliphatic carbocycles. The van der Waals surface area contributed by atoms with Crippen LogP contribution in [-0.2, 0) is 17.4 Å². The first kappa shape index (κ1) is 33.8. The molecule has 7 atom stereocenters. The number of carbonyl (C=O) groups is 1. The van der Waals surface area contributed by atoms with Gasteiger partial charge in [0.05, 0.1) is 12.3 Å². The summed E-state index contributed by atoms with van der Waals surface area (Å²) in [5.74, 6) is 1.67. The lowest BCUT2D eigenvalue weighted by atomic mass is 9.65. The lowest BCUT2D eigenvalue weighted by Gasteiger charge is -2.45. The van der Waals surface area contributed by atoms with Crippen LogP contribution in [0.4, 0.5) is 5.69 Å². The van der Waals surface area contributed by atoms with E-state index in [1.807, 2.05) is 12.1 Å². The number of carbonyl (C=O) groups excluding carboxylic acids is 1. The fraction of sp³-hybridized carbons (Fsp3) is 0.618. The Kier molecular flexibility index (Phi) is 12.4. The Labute approximate surface area is 264 Å². The van der Waals surface area contributed by atoms with Gasteiger partial charge in [0.15, 0.2) is 6.29 Å². The van der Waals surface area contributed by atoms with E-state index >= 15 is 0 Å². The summed E-state index contributed by atoms with van der Waals surface area (Å²) in [6, 6.07) is 14.1. The van der Waals surface area contributed by atoms with Crippen LogP contribution in [0.25, 0.3) is 0 Å². The van der Waals surface area contributed by atoms with E-state index < -0.39 is 17.3 Å². The highest BCUT2D eigenvalue weighted by molar-refractivity contribution is 7.83. The molecule has 2 heterocycles. The van der Waals surface area contributed by atoms with E-state index in [0.29, 0.717) is 23.8 Å². The number of aryl methyl sites for hydroxylation is 1. The normalized spacial score (nSPS) is 29.6. The summed E-state index contributed by atoms with van der Waals surface area (Å²) in [5, 5.41) is 20.9. The van der Waals surface area contributed by atoms with Gasteiger partial charge in [0.2, 0.25) is 0 Å². The van der Waals surface area contributed by atoms with Gasteiger partial charge in [-0.15, -0.1) is 11.6 Å². The number of rotatable bonds is 4. The van der Waals surface area contributed by atoms with E-state index in [-0.39, 0.29) is 35.5 Å². The van der Waals surface area contributed by atoms with Crippen molar-refractivity contribution in [2.24, 2.45) is 29.6 Å². The Hall–Kier alpha value is -2.13. The van der Waals surface area contributed by atoms with Crippen molar-refractivity contribution < 1.29 is 24.0 Å². The first-order valence-electron chi connectivity index (χ1n) is 15.8. The molecule has 9 heteroatoms. The maximum atomic E-state index is 13.2. The quantitative estimate of drug-likeness (QED) is 0.287. The van der Waals surface area contributed by atoms with Crippen molar-refractivity contribution in [3.8, 4) is 5.75 Å². The highest BCUT2D eigenvalue weighted by atomic mass is 35.5. The summed E-state index contributed by atoms with van der Waals surface area (Å²) >= 11 is 4.64. The molecule has 1 fully saturated rings. The molecule has 1 amide bonds. The lowest BCUT2D eigenvalue weighted by Crippen LogP contribution is -2.45. The number of halogens is 1. The van der Waals surface area contributed by atoms with Crippen molar-refractivity contribution in [2.75, 3.05) is 36.7 Å². The Morgan fingerprint density at radius 2 is 1.81 bits per heavy atom. The Bertz CT molecular complexity index is 1240. The highest BCUT2D eigenvalue weighted by Gasteiger charge is 2.41. The predicted octanol–water partition coefficient (Wildman–Crippen LogP) is 5.89. The zero-order valence-electron chi connectivity index (χ0n) is 26.0. The van der Waals surface area contributed by atoms with Crippen LogP contribution >= 0.6 is 11.6 Å². The molecule has 2 aromatic rings. The second kappa shape index (κ2) is 15.7. The van der Waals surface area contributed by atoms with Crippen LogP contribution < -0.4 is 14.4 Å². The molecule has 1 saturated carbocycles. The van der Waals surface area contributed by atoms with Gasteiger partial charge >= 0.3 is 0 Å². The minimum absolute atomic E-state index is 0.126. The molecule has 2 aromatic carbocycles. The summed E-state index contributed by atoms with van der Waals surface area (Å²) in [5.41, 5.74) is 4.00. The van der Waals surface area contributed by atoms with Crippen LogP contribution in [0, 0.1) is 29.6 Å². The molecule has 2 aliphatic heterocycles. The number of aliphatic hydroxyl groups is 2. The van der Waals surface area contributed by atoms with E-state index in [2.05, 4.69) is 66.3 Å². The predicted molar refractivity (Wildman–Crippen MR) is 175 cm³/mol. The highest BCUT2D eigenvalue weighted by Crippen LogP contribution is 2.46. The molecule has 7 nitrogen and oxygen atoms in total. The Balaban J connectivity index is 0.00000207. The standard InChI is InChI=1S/C33H46N2O5S.CH3Cl/c1-4-7-23-8-5-6-9-27(23)26-18-35-17-25-11-14-28(25)29(33(37)38)13-10-21(2)22(3)20-41(39)34-32(36)24-12-15-31(40-19-26)30(35)16-24;1-2/h5-6,8-9,12,15-16,21-22,25-26,28-29,33,37-38H,4,7,10-11,13-14,17-20H2,1-3H3,(H,34,36);1H3/t21?,22-,25?,26?,28?,29?,41?;/m0./s1. The summed E-state index contributed by atoms with van der Waals surface area (Å²) in [4.78, 5) is 15.6. The number of fused-ring (bicyclic) bond motifs is 2. The maximum absolute atomic E-state index is 13.2. The molecule has 43 heavy (non-hydrogen) atoms. The van der Waals surface area contributed by atoms with Gasteiger partial charge in [0, 0.05) is 42.6 Å². The van der Waals surface area contributed by atoms with E-state index in [9.17, 15) is 19.2 Å². The van der Waals surface area contributed by atoms with Gasteiger partial charge in [0.25, 0.3) is 5.91 Å². The fourth-order valence-electron chi connectivity index (χ4n) is 7.03. The molecule has 238 valence electrons. The number of aliphatic hydroxyl groups excluding tert-OH is 1. The van der Waals surface area contributed by atoms with Crippen LogP contribution in [0.15, 0.2) is 42.5 Å². The number of benzene rings is 2.